The van der Waals surface area contributed by atoms with E-state index in [2.05, 4.69) is 10.3 Å². The monoisotopic (exact) mass is 405 g/mol. The van der Waals surface area contributed by atoms with Crippen LogP contribution in [0.15, 0.2) is 42.5 Å². The molecule has 132 valence electrons. The molecule has 0 aliphatic carbocycles. The third kappa shape index (κ3) is 3.28. The van der Waals surface area contributed by atoms with E-state index in [9.17, 15) is 9.59 Å². The average molecular weight is 406 g/mol. The lowest BCUT2D eigenvalue weighted by Crippen LogP contribution is -2.41. The summed E-state index contributed by atoms with van der Waals surface area (Å²) in [6.45, 7) is 0. The van der Waals surface area contributed by atoms with Crippen molar-refractivity contribution in [2.75, 3.05) is 10.2 Å². The van der Waals surface area contributed by atoms with Gasteiger partial charge < -0.3 is 5.32 Å². The first-order valence-electron chi connectivity index (χ1n) is 7.96. The molecular weight excluding hydrogens is 393 g/mol. The lowest BCUT2D eigenvalue weighted by molar-refractivity contribution is -0.120. The van der Waals surface area contributed by atoms with Crippen LogP contribution < -0.4 is 10.2 Å². The summed E-state index contributed by atoms with van der Waals surface area (Å²) in [5, 5.41) is 4.49. The number of nitrogens with zero attached hydrogens (tertiary/aromatic N) is 2. The lowest BCUT2D eigenvalue weighted by Gasteiger charge is -2.23. The first kappa shape index (κ1) is 17.3. The molecule has 0 bridgehead atoms. The minimum Gasteiger partial charge on any atom is -0.300 e. The van der Waals surface area contributed by atoms with E-state index in [0.29, 0.717) is 33.7 Å². The van der Waals surface area contributed by atoms with E-state index in [1.165, 1.54) is 16.2 Å². The molecule has 0 spiro atoms. The van der Waals surface area contributed by atoms with Gasteiger partial charge in [0.2, 0.25) is 11.8 Å². The van der Waals surface area contributed by atoms with E-state index < -0.39 is 6.04 Å². The number of fused-ring (bicyclic) bond motifs is 1. The van der Waals surface area contributed by atoms with Crippen molar-refractivity contribution < 1.29 is 9.59 Å². The van der Waals surface area contributed by atoms with Gasteiger partial charge in [-0.05, 0) is 48.9 Å². The third-order valence-electron chi connectivity index (χ3n) is 4.20. The fraction of sp³-hybridized carbons (Fsp3) is 0.167. The standard InChI is InChI=1S/C18H13Cl2N3O2S/c19-10-1-4-12(5-2-10)23-14(6-8-16(23)24)17(25)22-18-21-13-9-11(20)3-7-15(13)26-18/h1-5,7,9,14H,6,8H2,(H,21,22,25)/t14-/m0/s1. The normalized spacial score (nSPS) is 17.1. The number of anilines is 2. The Balaban J connectivity index is 1.57. The van der Waals surface area contributed by atoms with Crippen LogP contribution in [0.25, 0.3) is 10.2 Å². The van der Waals surface area contributed by atoms with Crippen molar-refractivity contribution in [1.82, 2.24) is 4.98 Å². The summed E-state index contributed by atoms with van der Waals surface area (Å²) in [5.74, 6) is -0.334. The Morgan fingerprint density at radius 3 is 2.65 bits per heavy atom. The van der Waals surface area contributed by atoms with Crippen LogP contribution in [0.5, 0.6) is 0 Å². The van der Waals surface area contributed by atoms with Crippen LogP contribution in [0, 0.1) is 0 Å². The Kier molecular flexibility index (Phi) is 4.56. The summed E-state index contributed by atoms with van der Waals surface area (Å²) in [5.41, 5.74) is 1.39. The van der Waals surface area contributed by atoms with E-state index in [0.717, 1.165) is 10.2 Å². The molecule has 8 heteroatoms. The Bertz CT molecular complexity index is 1000. The van der Waals surface area contributed by atoms with Crippen LogP contribution in [-0.2, 0) is 9.59 Å². The zero-order valence-electron chi connectivity index (χ0n) is 13.4. The molecule has 5 nitrogen and oxygen atoms in total. The van der Waals surface area contributed by atoms with E-state index in [1.54, 1.807) is 36.4 Å². The first-order chi connectivity index (χ1) is 12.5. The van der Waals surface area contributed by atoms with Gasteiger partial charge in [-0.1, -0.05) is 34.5 Å². The summed E-state index contributed by atoms with van der Waals surface area (Å²) >= 11 is 13.3. The highest BCUT2D eigenvalue weighted by atomic mass is 35.5. The Morgan fingerprint density at radius 1 is 1.15 bits per heavy atom. The molecule has 0 unspecified atom stereocenters. The van der Waals surface area contributed by atoms with E-state index in [4.69, 9.17) is 23.2 Å². The maximum Gasteiger partial charge on any atom is 0.249 e. The maximum atomic E-state index is 12.8. The summed E-state index contributed by atoms with van der Waals surface area (Å²) in [4.78, 5) is 31.0. The quantitative estimate of drug-likeness (QED) is 0.684. The molecule has 1 aliphatic rings. The average Bonchev–Trinajstić information content (AvgIpc) is 3.18. The van der Waals surface area contributed by atoms with Crippen molar-refractivity contribution >= 4 is 67.4 Å². The predicted molar refractivity (Wildman–Crippen MR) is 105 cm³/mol. The third-order valence-corrected chi connectivity index (χ3v) is 5.64. The smallest absolute Gasteiger partial charge is 0.249 e. The zero-order valence-corrected chi connectivity index (χ0v) is 15.7. The summed E-state index contributed by atoms with van der Waals surface area (Å²) in [7, 11) is 0. The van der Waals surface area contributed by atoms with E-state index in [1.807, 2.05) is 6.07 Å². The second kappa shape index (κ2) is 6.87. The van der Waals surface area contributed by atoms with Crippen molar-refractivity contribution in [2.24, 2.45) is 0 Å². The minimum atomic E-state index is -0.570. The van der Waals surface area contributed by atoms with Gasteiger partial charge in [0.15, 0.2) is 5.13 Å². The Hall–Kier alpha value is -2.15. The van der Waals surface area contributed by atoms with E-state index >= 15 is 0 Å². The van der Waals surface area contributed by atoms with Crippen molar-refractivity contribution in [3.8, 4) is 0 Å². The van der Waals surface area contributed by atoms with Gasteiger partial charge >= 0.3 is 0 Å². The predicted octanol–water partition coefficient (Wildman–Crippen LogP) is 4.74. The van der Waals surface area contributed by atoms with Gasteiger partial charge in [-0.25, -0.2) is 4.98 Å². The number of hydrogen-bond donors (Lipinski definition) is 1. The fourth-order valence-electron chi connectivity index (χ4n) is 3.00. The van der Waals surface area contributed by atoms with Crippen LogP contribution in [0.3, 0.4) is 0 Å². The van der Waals surface area contributed by atoms with Gasteiger partial charge in [-0.15, -0.1) is 0 Å². The molecule has 1 N–H and O–H groups in total. The van der Waals surface area contributed by atoms with Gasteiger partial charge in [-0.2, -0.15) is 0 Å². The van der Waals surface area contributed by atoms with Gasteiger partial charge in [0.1, 0.15) is 6.04 Å². The molecule has 1 saturated heterocycles. The molecule has 2 amide bonds. The number of aromatic nitrogens is 1. The molecule has 2 aromatic carbocycles. The summed E-state index contributed by atoms with van der Waals surface area (Å²) < 4.78 is 0.932. The molecule has 1 aromatic heterocycles. The molecule has 4 rings (SSSR count). The molecule has 26 heavy (non-hydrogen) atoms. The second-order valence-electron chi connectivity index (χ2n) is 5.91. The number of amides is 2. The molecule has 0 radical (unpaired) electrons. The van der Waals surface area contributed by atoms with Gasteiger partial charge in [0.25, 0.3) is 0 Å². The van der Waals surface area contributed by atoms with Crippen LogP contribution >= 0.6 is 34.5 Å². The SMILES string of the molecule is O=C(Nc1nc2cc(Cl)ccc2s1)[C@@H]1CCC(=O)N1c1ccc(Cl)cc1. The van der Waals surface area contributed by atoms with Crippen LogP contribution in [-0.4, -0.2) is 22.8 Å². The van der Waals surface area contributed by atoms with Crippen LogP contribution in [0.2, 0.25) is 10.0 Å². The first-order valence-corrected chi connectivity index (χ1v) is 9.53. The highest BCUT2D eigenvalue weighted by Gasteiger charge is 2.37. The second-order valence-corrected chi connectivity index (χ2v) is 7.82. The lowest BCUT2D eigenvalue weighted by atomic mass is 10.2. The van der Waals surface area contributed by atoms with Crippen molar-refractivity contribution in [3.05, 3.63) is 52.5 Å². The van der Waals surface area contributed by atoms with Gasteiger partial charge in [0, 0.05) is 22.2 Å². The highest BCUT2D eigenvalue weighted by Crippen LogP contribution is 2.31. The highest BCUT2D eigenvalue weighted by molar-refractivity contribution is 7.22. The zero-order chi connectivity index (χ0) is 18.3. The van der Waals surface area contributed by atoms with Crippen molar-refractivity contribution in [1.29, 1.82) is 0 Å². The molecule has 1 atom stereocenters. The summed E-state index contributed by atoms with van der Waals surface area (Å²) in [6.07, 6.45) is 0.792. The minimum absolute atomic E-state index is 0.0800. The molecule has 1 fully saturated rings. The number of rotatable bonds is 3. The molecule has 2 heterocycles. The Morgan fingerprint density at radius 2 is 1.88 bits per heavy atom. The van der Waals surface area contributed by atoms with Crippen LogP contribution in [0.1, 0.15) is 12.8 Å². The van der Waals surface area contributed by atoms with Crippen molar-refractivity contribution in [2.45, 2.75) is 18.9 Å². The summed E-state index contributed by atoms with van der Waals surface area (Å²) in [6, 6.07) is 11.7. The molecular formula is C18H13Cl2N3O2S. The molecule has 1 aliphatic heterocycles. The van der Waals surface area contributed by atoms with Gasteiger partial charge in [-0.3, -0.25) is 14.5 Å². The largest absolute Gasteiger partial charge is 0.300 e. The number of benzene rings is 2. The van der Waals surface area contributed by atoms with Crippen LogP contribution in [0.4, 0.5) is 10.8 Å². The topological polar surface area (TPSA) is 62.3 Å². The fourth-order valence-corrected chi connectivity index (χ4v) is 4.14. The Labute approximate surface area is 163 Å². The van der Waals surface area contributed by atoms with E-state index in [-0.39, 0.29) is 11.8 Å². The number of hydrogen-bond acceptors (Lipinski definition) is 4. The maximum absolute atomic E-state index is 12.8. The molecule has 3 aromatic rings. The van der Waals surface area contributed by atoms with Crippen molar-refractivity contribution in [3.63, 3.8) is 0 Å². The number of halogens is 2. The number of carbonyl (C=O) groups excluding carboxylic acids is 2. The molecule has 0 saturated carbocycles. The van der Waals surface area contributed by atoms with Gasteiger partial charge in [0.05, 0.1) is 10.2 Å². The number of nitrogens with one attached hydrogen (secondary N) is 1. The number of carbonyl (C=O) groups is 2. The number of thiazole rings is 1.